The Labute approximate surface area is 239 Å². The normalized spacial score (nSPS) is 11.8. The number of oxazole rings is 1. The van der Waals surface area contributed by atoms with Crippen LogP contribution < -0.4 is 4.90 Å². The summed E-state index contributed by atoms with van der Waals surface area (Å²) in [5.74, 6) is 0.603. The average Bonchev–Trinajstić information content (AvgIpc) is 3.73. The number of rotatable bonds is 4. The lowest BCUT2D eigenvalue weighted by molar-refractivity contribution is 0.617. The second-order valence-electron chi connectivity index (χ2n) is 10.4. The molecule has 0 saturated heterocycles. The van der Waals surface area contributed by atoms with Gasteiger partial charge in [-0.25, -0.2) is 4.98 Å². The largest absolute Gasteiger partial charge is 0.456 e. The lowest BCUT2D eigenvalue weighted by Gasteiger charge is -2.25. The molecular weight excluding hydrogens is 520 g/mol. The third-order valence-corrected chi connectivity index (χ3v) is 7.88. The fraction of sp³-hybridized carbons (Fsp3) is 0. The predicted molar refractivity (Wildman–Crippen MR) is 169 cm³/mol. The molecule has 0 aliphatic heterocycles. The predicted octanol–water partition coefficient (Wildman–Crippen LogP) is 10.8. The number of aromatic nitrogens is 1. The maximum atomic E-state index is 6.42. The van der Waals surface area contributed by atoms with E-state index in [2.05, 4.69) is 71.6 Å². The molecule has 3 aromatic heterocycles. The molecule has 0 spiro atoms. The molecule has 0 amide bonds. The van der Waals surface area contributed by atoms with Crippen LogP contribution in [0.2, 0.25) is 0 Å². The van der Waals surface area contributed by atoms with Crippen molar-refractivity contribution in [2.75, 3.05) is 4.90 Å². The number of anilines is 3. The number of hydrogen-bond acceptors (Lipinski definition) is 5. The second kappa shape index (κ2) is 8.85. The summed E-state index contributed by atoms with van der Waals surface area (Å²) >= 11 is 0. The van der Waals surface area contributed by atoms with E-state index in [9.17, 15) is 0 Å². The van der Waals surface area contributed by atoms with Gasteiger partial charge in [-0.3, -0.25) is 0 Å². The minimum atomic E-state index is 0.603. The number of benzene rings is 6. The number of para-hydroxylation sites is 2. The van der Waals surface area contributed by atoms with Crippen molar-refractivity contribution < 1.29 is 13.3 Å². The Balaban J connectivity index is 1.19. The van der Waals surface area contributed by atoms with Gasteiger partial charge in [0.1, 0.15) is 27.8 Å². The van der Waals surface area contributed by atoms with Gasteiger partial charge in [-0.15, -0.1) is 0 Å². The van der Waals surface area contributed by atoms with Crippen molar-refractivity contribution in [2.24, 2.45) is 0 Å². The summed E-state index contributed by atoms with van der Waals surface area (Å²) in [5, 5.41) is 4.22. The Morgan fingerprint density at radius 2 is 1.05 bits per heavy atom. The standard InChI is InChI=1S/C37H22N2O3/c1-3-9-23(10-4-1)37-38-31-21-30-28-17-15-26(20-34(28)41-35(30)22-36(31)42-37)39(24-11-5-2-6-12-24)25-16-18-33-29(19-25)27-13-7-8-14-32(27)40-33/h1-22H. The van der Waals surface area contributed by atoms with E-state index in [0.29, 0.717) is 11.5 Å². The maximum absolute atomic E-state index is 6.42. The van der Waals surface area contributed by atoms with E-state index in [1.807, 2.05) is 66.7 Å². The monoisotopic (exact) mass is 542 g/mol. The molecule has 5 heteroatoms. The van der Waals surface area contributed by atoms with Crippen LogP contribution in [-0.2, 0) is 0 Å². The van der Waals surface area contributed by atoms with Crippen LogP contribution in [0, 0.1) is 0 Å². The van der Waals surface area contributed by atoms with E-state index in [1.165, 1.54) is 0 Å². The molecular formula is C37H22N2O3. The van der Waals surface area contributed by atoms with Crippen molar-refractivity contribution in [3.63, 3.8) is 0 Å². The number of nitrogens with zero attached hydrogens (tertiary/aromatic N) is 2. The van der Waals surface area contributed by atoms with E-state index in [1.54, 1.807) is 0 Å². The van der Waals surface area contributed by atoms with Crippen LogP contribution in [0.3, 0.4) is 0 Å². The first-order valence-corrected chi connectivity index (χ1v) is 13.9. The van der Waals surface area contributed by atoms with Crippen molar-refractivity contribution in [1.82, 2.24) is 4.98 Å². The van der Waals surface area contributed by atoms with Gasteiger partial charge < -0.3 is 18.2 Å². The molecule has 0 saturated carbocycles. The molecule has 9 rings (SSSR count). The highest BCUT2D eigenvalue weighted by molar-refractivity contribution is 6.10. The highest BCUT2D eigenvalue weighted by Crippen LogP contribution is 2.41. The number of furan rings is 2. The summed E-state index contributed by atoms with van der Waals surface area (Å²) in [6, 6.07) is 45.2. The Morgan fingerprint density at radius 1 is 0.405 bits per heavy atom. The van der Waals surface area contributed by atoms with Gasteiger partial charge in [-0.05, 0) is 66.7 Å². The molecule has 0 aliphatic rings. The Morgan fingerprint density at radius 3 is 1.93 bits per heavy atom. The topological polar surface area (TPSA) is 55.6 Å². The molecule has 0 N–H and O–H groups in total. The maximum Gasteiger partial charge on any atom is 0.227 e. The van der Waals surface area contributed by atoms with Gasteiger partial charge in [0, 0.05) is 56.3 Å². The summed E-state index contributed by atoms with van der Waals surface area (Å²) in [6.07, 6.45) is 0. The molecule has 0 radical (unpaired) electrons. The zero-order chi connectivity index (χ0) is 27.6. The zero-order valence-corrected chi connectivity index (χ0v) is 22.3. The van der Waals surface area contributed by atoms with Crippen molar-refractivity contribution in [3.8, 4) is 11.5 Å². The van der Waals surface area contributed by atoms with Gasteiger partial charge in [-0.1, -0.05) is 54.6 Å². The Hall–Kier alpha value is -5.81. The van der Waals surface area contributed by atoms with E-state index >= 15 is 0 Å². The smallest absolute Gasteiger partial charge is 0.227 e. The van der Waals surface area contributed by atoms with Crippen molar-refractivity contribution in [1.29, 1.82) is 0 Å². The molecule has 3 heterocycles. The number of hydrogen-bond donors (Lipinski definition) is 0. The molecule has 198 valence electrons. The summed E-state index contributed by atoms with van der Waals surface area (Å²) in [6.45, 7) is 0. The van der Waals surface area contributed by atoms with E-state index in [4.69, 9.17) is 18.2 Å². The average molecular weight is 543 g/mol. The van der Waals surface area contributed by atoms with Crippen LogP contribution in [-0.4, -0.2) is 4.98 Å². The first kappa shape index (κ1) is 22.9. The van der Waals surface area contributed by atoms with Crippen LogP contribution >= 0.6 is 0 Å². The lowest BCUT2D eigenvalue weighted by atomic mass is 10.1. The Kier molecular flexibility index (Phi) is 4.83. The molecule has 0 atom stereocenters. The lowest BCUT2D eigenvalue weighted by Crippen LogP contribution is -2.09. The van der Waals surface area contributed by atoms with Gasteiger partial charge in [0.15, 0.2) is 5.58 Å². The highest BCUT2D eigenvalue weighted by atomic mass is 16.4. The van der Waals surface area contributed by atoms with Crippen LogP contribution in [0.1, 0.15) is 0 Å². The molecule has 9 aromatic rings. The fourth-order valence-electron chi connectivity index (χ4n) is 5.91. The van der Waals surface area contributed by atoms with Gasteiger partial charge in [0.2, 0.25) is 5.89 Å². The van der Waals surface area contributed by atoms with Crippen LogP contribution in [0.25, 0.3) is 66.4 Å². The first-order valence-electron chi connectivity index (χ1n) is 13.9. The van der Waals surface area contributed by atoms with Crippen LogP contribution in [0.15, 0.2) is 147 Å². The van der Waals surface area contributed by atoms with Crippen molar-refractivity contribution in [2.45, 2.75) is 0 Å². The molecule has 0 bridgehead atoms. The van der Waals surface area contributed by atoms with Crippen molar-refractivity contribution in [3.05, 3.63) is 133 Å². The minimum Gasteiger partial charge on any atom is -0.456 e. The van der Waals surface area contributed by atoms with E-state index in [0.717, 1.165) is 72.0 Å². The first-order chi connectivity index (χ1) is 20.8. The minimum absolute atomic E-state index is 0.603. The summed E-state index contributed by atoms with van der Waals surface area (Å²) in [5.41, 5.74) is 8.85. The van der Waals surface area contributed by atoms with Crippen molar-refractivity contribution >= 4 is 72.0 Å². The second-order valence-corrected chi connectivity index (χ2v) is 10.4. The molecule has 0 aliphatic carbocycles. The molecule has 0 unspecified atom stereocenters. The van der Waals surface area contributed by atoms with E-state index in [-0.39, 0.29) is 0 Å². The zero-order valence-electron chi connectivity index (χ0n) is 22.3. The summed E-state index contributed by atoms with van der Waals surface area (Å²) in [7, 11) is 0. The van der Waals surface area contributed by atoms with E-state index < -0.39 is 0 Å². The van der Waals surface area contributed by atoms with Gasteiger partial charge in [-0.2, -0.15) is 0 Å². The summed E-state index contributed by atoms with van der Waals surface area (Å²) < 4.78 is 18.6. The molecule has 0 fully saturated rings. The van der Waals surface area contributed by atoms with Gasteiger partial charge in [0.05, 0.1) is 0 Å². The SMILES string of the molecule is c1ccc(-c2nc3cc4c(cc3o2)oc2cc(N(c3ccccc3)c3ccc5oc6ccccc6c5c3)ccc24)cc1. The molecule has 5 nitrogen and oxygen atoms in total. The molecule has 6 aromatic carbocycles. The third kappa shape index (κ3) is 3.54. The fourth-order valence-corrected chi connectivity index (χ4v) is 5.91. The van der Waals surface area contributed by atoms with Crippen LogP contribution in [0.5, 0.6) is 0 Å². The summed E-state index contributed by atoms with van der Waals surface area (Å²) in [4.78, 5) is 7.01. The molecule has 42 heavy (non-hydrogen) atoms. The highest BCUT2D eigenvalue weighted by Gasteiger charge is 2.18. The van der Waals surface area contributed by atoms with Crippen LogP contribution in [0.4, 0.5) is 17.1 Å². The number of fused-ring (bicyclic) bond motifs is 7. The van der Waals surface area contributed by atoms with Gasteiger partial charge >= 0.3 is 0 Å². The van der Waals surface area contributed by atoms with Gasteiger partial charge in [0.25, 0.3) is 0 Å². The Bertz CT molecular complexity index is 2420. The quantitative estimate of drug-likeness (QED) is 0.221. The third-order valence-electron chi connectivity index (χ3n) is 7.88.